The van der Waals surface area contributed by atoms with Gasteiger partial charge in [-0.3, -0.25) is 14.6 Å². The minimum atomic E-state index is -5.02. The van der Waals surface area contributed by atoms with Gasteiger partial charge in [0.1, 0.15) is 11.4 Å². The average Bonchev–Trinajstić information content (AvgIpc) is 2.72. The fourth-order valence-corrected chi connectivity index (χ4v) is 2.94. The highest BCUT2D eigenvalue weighted by Gasteiger charge is 2.32. The van der Waals surface area contributed by atoms with Crippen LogP contribution in [0.25, 0.3) is 0 Å². The van der Waals surface area contributed by atoms with E-state index in [1.807, 2.05) is 4.98 Å². The van der Waals surface area contributed by atoms with Gasteiger partial charge < -0.3 is 14.6 Å². The molecule has 0 aliphatic carbocycles. The van der Waals surface area contributed by atoms with E-state index in [4.69, 9.17) is 5.26 Å². The summed E-state index contributed by atoms with van der Waals surface area (Å²) in [4.78, 5) is 41.6. The van der Waals surface area contributed by atoms with Crippen molar-refractivity contribution in [1.82, 2.24) is 14.9 Å². The van der Waals surface area contributed by atoms with Crippen molar-refractivity contribution in [3.8, 4) is 11.8 Å². The normalized spacial score (nSPS) is 10.9. The quantitative estimate of drug-likeness (QED) is 0.606. The number of ether oxygens (including phenoxy) is 1. The zero-order chi connectivity index (χ0) is 23.3. The Morgan fingerprint density at radius 3 is 2.38 bits per heavy atom. The van der Waals surface area contributed by atoms with Crippen molar-refractivity contribution in [3.63, 3.8) is 0 Å². The Bertz CT molecular complexity index is 1250. The standard InChI is InChI=1S/C21H15F3N4O4/c22-21(23,24)32-17-8-14(10-25)6-7-15(17)12-28(11-13-4-2-1-3-5-13)19(30)16-9-18(29)27-20(31)26-16/h1-9H,11-12H2,(H2,26,27,29,31). The number of halogens is 3. The molecule has 0 spiro atoms. The summed E-state index contributed by atoms with van der Waals surface area (Å²) in [5.74, 6) is -1.43. The molecule has 1 amide bonds. The van der Waals surface area contributed by atoms with Gasteiger partial charge in [0.25, 0.3) is 11.5 Å². The second-order valence-electron chi connectivity index (χ2n) is 6.63. The molecule has 1 heterocycles. The van der Waals surface area contributed by atoms with Gasteiger partial charge >= 0.3 is 12.1 Å². The number of rotatable bonds is 6. The van der Waals surface area contributed by atoms with E-state index in [9.17, 15) is 27.6 Å². The van der Waals surface area contributed by atoms with Crippen molar-refractivity contribution in [2.45, 2.75) is 19.5 Å². The van der Waals surface area contributed by atoms with Crippen molar-refractivity contribution >= 4 is 5.91 Å². The number of amides is 1. The Morgan fingerprint density at radius 1 is 1.03 bits per heavy atom. The molecule has 0 bridgehead atoms. The molecule has 3 aromatic rings. The first-order valence-corrected chi connectivity index (χ1v) is 9.10. The maximum atomic E-state index is 13.1. The Labute approximate surface area is 178 Å². The molecule has 32 heavy (non-hydrogen) atoms. The zero-order valence-electron chi connectivity index (χ0n) is 16.3. The number of hydrogen-bond donors (Lipinski definition) is 2. The molecule has 0 radical (unpaired) electrons. The van der Waals surface area contributed by atoms with Crippen LogP contribution in [0.5, 0.6) is 5.75 Å². The molecule has 0 atom stereocenters. The first-order chi connectivity index (χ1) is 15.1. The van der Waals surface area contributed by atoms with Gasteiger partial charge in [-0.25, -0.2) is 4.79 Å². The second-order valence-corrected chi connectivity index (χ2v) is 6.63. The Hall–Kier alpha value is -4.33. The fourth-order valence-electron chi connectivity index (χ4n) is 2.94. The van der Waals surface area contributed by atoms with Gasteiger partial charge in [0.05, 0.1) is 18.2 Å². The number of aromatic nitrogens is 2. The Kier molecular flexibility index (Phi) is 6.44. The maximum absolute atomic E-state index is 13.1. The first kappa shape index (κ1) is 22.4. The van der Waals surface area contributed by atoms with Crippen molar-refractivity contribution < 1.29 is 22.7 Å². The molecule has 0 saturated heterocycles. The van der Waals surface area contributed by atoms with Crippen LogP contribution in [0.4, 0.5) is 13.2 Å². The maximum Gasteiger partial charge on any atom is 0.573 e. The molecular weight excluding hydrogens is 429 g/mol. The Balaban J connectivity index is 2.02. The molecule has 11 heteroatoms. The molecule has 2 aromatic carbocycles. The third-order valence-corrected chi connectivity index (χ3v) is 4.28. The summed E-state index contributed by atoms with van der Waals surface area (Å²) in [6.07, 6.45) is -5.02. The van der Waals surface area contributed by atoms with Crippen LogP contribution < -0.4 is 16.0 Å². The van der Waals surface area contributed by atoms with Crippen molar-refractivity contribution in [2.75, 3.05) is 0 Å². The second kappa shape index (κ2) is 9.22. The molecule has 0 saturated carbocycles. The molecule has 0 unspecified atom stereocenters. The van der Waals surface area contributed by atoms with Gasteiger partial charge in [-0.1, -0.05) is 36.4 Å². The van der Waals surface area contributed by atoms with Crippen molar-refractivity contribution in [1.29, 1.82) is 5.26 Å². The first-order valence-electron chi connectivity index (χ1n) is 9.10. The predicted octanol–water partition coefficient (Wildman–Crippen LogP) is 2.68. The number of aromatic amines is 2. The number of benzene rings is 2. The highest BCUT2D eigenvalue weighted by atomic mass is 19.4. The fraction of sp³-hybridized carbons (Fsp3) is 0.143. The molecular formula is C21H15F3N4O4. The lowest BCUT2D eigenvalue weighted by atomic mass is 10.1. The lowest BCUT2D eigenvalue weighted by Gasteiger charge is -2.24. The van der Waals surface area contributed by atoms with E-state index in [0.29, 0.717) is 5.56 Å². The number of hydrogen-bond acceptors (Lipinski definition) is 5. The number of alkyl halides is 3. The van der Waals surface area contributed by atoms with E-state index >= 15 is 0 Å². The van der Waals surface area contributed by atoms with Crippen LogP contribution >= 0.6 is 0 Å². The van der Waals surface area contributed by atoms with Gasteiger partial charge in [-0.15, -0.1) is 13.2 Å². The van der Waals surface area contributed by atoms with E-state index in [2.05, 4.69) is 9.72 Å². The molecule has 0 aliphatic heterocycles. The Morgan fingerprint density at radius 2 is 1.75 bits per heavy atom. The number of carbonyl (C=O) groups excluding carboxylic acids is 1. The average molecular weight is 444 g/mol. The number of nitriles is 1. The van der Waals surface area contributed by atoms with Crippen LogP contribution in [0.15, 0.2) is 64.2 Å². The minimum Gasteiger partial charge on any atom is -0.405 e. The third kappa shape index (κ3) is 5.85. The van der Waals surface area contributed by atoms with Crippen LogP contribution in [0, 0.1) is 11.3 Å². The summed E-state index contributed by atoms with van der Waals surface area (Å²) in [6.45, 7) is -0.403. The summed E-state index contributed by atoms with van der Waals surface area (Å²) < 4.78 is 42.7. The molecule has 8 nitrogen and oxygen atoms in total. The van der Waals surface area contributed by atoms with E-state index in [-0.39, 0.29) is 29.9 Å². The summed E-state index contributed by atoms with van der Waals surface area (Å²) in [6, 6.07) is 14.6. The monoisotopic (exact) mass is 444 g/mol. The van der Waals surface area contributed by atoms with Crippen LogP contribution in [0.1, 0.15) is 27.2 Å². The molecule has 164 valence electrons. The SMILES string of the molecule is N#Cc1ccc(CN(Cc2ccccc2)C(=O)c2cc(=O)[nH]c(=O)[nH]2)c(OC(F)(F)F)c1. The third-order valence-electron chi connectivity index (χ3n) is 4.28. The van der Waals surface area contributed by atoms with Gasteiger partial charge in [0.15, 0.2) is 0 Å². The molecule has 0 aliphatic rings. The van der Waals surface area contributed by atoms with E-state index in [0.717, 1.165) is 17.0 Å². The van der Waals surface area contributed by atoms with E-state index in [1.54, 1.807) is 36.4 Å². The largest absolute Gasteiger partial charge is 0.573 e. The molecule has 1 aromatic heterocycles. The van der Waals surface area contributed by atoms with E-state index < -0.39 is 29.3 Å². The topological polar surface area (TPSA) is 119 Å². The van der Waals surface area contributed by atoms with Gasteiger partial charge in [0.2, 0.25) is 0 Å². The highest BCUT2D eigenvalue weighted by molar-refractivity contribution is 5.92. The number of nitrogens with zero attached hydrogens (tertiary/aromatic N) is 2. The van der Waals surface area contributed by atoms with Crippen LogP contribution in [-0.2, 0) is 13.1 Å². The highest BCUT2D eigenvalue weighted by Crippen LogP contribution is 2.29. The molecule has 0 fully saturated rings. The number of nitrogens with one attached hydrogen (secondary N) is 2. The summed E-state index contributed by atoms with van der Waals surface area (Å²) in [5.41, 5.74) is -1.48. The van der Waals surface area contributed by atoms with E-state index in [1.165, 1.54) is 12.1 Å². The summed E-state index contributed by atoms with van der Waals surface area (Å²) >= 11 is 0. The summed E-state index contributed by atoms with van der Waals surface area (Å²) in [7, 11) is 0. The van der Waals surface area contributed by atoms with Crippen molar-refractivity contribution in [2.24, 2.45) is 0 Å². The lowest BCUT2D eigenvalue weighted by Crippen LogP contribution is -2.34. The number of H-pyrrole nitrogens is 2. The zero-order valence-corrected chi connectivity index (χ0v) is 16.3. The van der Waals surface area contributed by atoms with Crippen LogP contribution in [0.3, 0.4) is 0 Å². The smallest absolute Gasteiger partial charge is 0.405 e. The van der Waals surface area contributed by atoms with Crippen molar-refractivity contribution in [3.05, 3.63) is 97.8 Å². The van der Waals surface area contributed by atoms with Crippen LogP contribution in [0.2, 0.25) is 0 Å². The predicted molar refractivity (Wildman–Crippen MR) is 106 cm³/mol. The molecule has 2 N–H and O–H groups in total. The van der Waals surface area contributed by atoms with Gasteiger partial charge in [-0.05, 0) is 17.7 Å². The van der Waals surface area contributed by atoms with Crippen LogP contribution in [-0.4, -0.2) is 27.1 Å². The number of carbonyl (C=O) groups is 1. The van der Waals surface area contributed by atoms with Gasteiger partial charge in [-0.2, -0.15) is 5.26 Å². The minimum absolute atomic E-state index is 0.0298. The summed E-state index contributed by atoms with van der Waals surface area (Å²) in [5, 5.41) is 9.00. The molecule has 3 rings (SSSR count). The van der Waals surface area contributed by atoms with Gasteiger partial charge in [0, 0.05) is 18.2 Å². The lowest BCUT2D eigenvalue weighted by molar-refractivity contribution is -0.275.